The first kappa shape index (κ1) is 10.1. The Morgan fingerprint density at radius 3 is 2.44 bits per heavy atom. The lowest BCUT2D eigenvalue weighted by atomic mass is 9.71. The lowest BCUT2D eigenvalue weighted by Gasteiger charge is -2.40. The van der Waals surface area contributed by atoms with Crippen molar-refractivity contribution in [1.82, 2.24) is 5.32 Å². The quantitative estimate of drug-likeness (QED) is 0.750. The minimum atomic E-state index is -0.665. The third kappa shape index (κ3) is 1.60. The zero-order valence-corrected chi connectivity index (χ0v) is 9.19. The maximum atomic E-state index is 11.6. The number of hydrogen-bond acceptors (Lipinski definition) is 2. The Morgan fingerprint density at radius 2 is 1.81 bits per heavy atom. The van der Waals surface area contributed by atoms with Gasteiger partial charge in [0.2, 0.25) is 5.91 Å². The van der Waals surface area contributed by atoms with E-state index in [1.807, 2.05) is 0 Å². The summed E-state index contributed by atoms with van der Waals surface area (Å²) in [7, 11) is 0. The van der Waals surface area contributed by atoms with E-state index >= 15 is 0 Å². The number of carbonyl (C=O) groups excluding carboxylic acids is 1. The zero-order valence-electron chi connectivity index (χ0n) is 9.19. The molecule has 88 valence electrons. The number of rotatable bonds is 3. The molecule has 4 unspecified atom stereocenters. The smallest absolute Gasteiger partial charge is 0.306 e. The lowest BCUT2D eigenvalue weighted by Crippen LogP contribution is -2.50. The van der Waals surface area contributed by atoms with Gasteiger partial charge in [0.05, 0.1) is 5.92 Å². The van der Waals surface area contributed by atoms with Gasteiger partial charge in [-0.2, -0.15) is 0 Å². The normalized spacial score (nSPS) is 41.0. The predicted octanol–water partition coefficient (Wildman–Crippen LogP) is 1.01. The topological polar surface area (TPSA) is 66.4 Å². The molecule has 0 aromatic carbocycles. The molecule has 4 atom stereocenters. The summed E-state index contributed by atoms with van der Waals surface area (Å²) in [6, 6.07) is 0.266. The summed E-state index contributed by atoms with van der Waals surface area (Å²) >= 11 is 0. The first-order valence-electron chi connectivity index (χ1n) is 6.18. The van der Waals surface area contributed by atoms with Gasteiger partial charge in [0, 0.05) is 12.0 Å². The number of hydrogen-bond donors (Lipinski definition) is 2. The third-order valence-corrected chi connectivity index (χ3v) is 4.45. The molecule has 0 bridgehead atoms. The molecular weight excluding hydrogens is 206 g/mol. The summed E-state index contributed by atoms with van der Waals surface area (Å²) in [4.78, 5) is 22.5. The number of carboxylic acids is 1. The molecule has 1 amide bonds. The van der Waals surface area contributed by atoms with E-state index in [-0.39, 0.29) is 23.8 Å². The second-order valence-electron chi connectivity index (χ2n) is 5.56. The lowest BCUT2D eigenvalue weighted by molar-refractivity contribution is -0.141. The zero-order chi connectivity index (χ0) is 11.3. The number of carbonyl (C=O) groups is 2. The van der Waals surface area contributed by atoms with Crippen LogP contribution < -0.4 is 5.32 Å². The molecule has 3 aliphatic carbocycles. The molecule has 0 aromatic heterocycles. The highest BCUT2D eigenvalue weighted by molar-refractivity contribution is 5.81. The molecular formula is C12H17NO3. The molecule has 0 aromatic rings. The number of amides is 1. The van der Waals surface area contributed by atoms with Crippen molar-refractivity contribution in [3.05, 3.63) is 0 Å². The maximum absolute atomic E-state index is 11.6. The van der Waals surface area contributed by atoms with Crippen molar-refractivity contribution in [2.75, 3.05) is 0 Å². The summed E-state index contributed by atoms with van der Waals surface area (Å²) in [5.41, 5.74) is 0. The second-order valence-corrected chi connectivity index (χ2v) is 5.56. The van der Waals surface area contributed by atoms with Gasteiger partial charge in [0.1, 0.15) is 0 Å². The molecule has 3 aliphatic rings. The molecule has 3 fully saturated rings. The van der Waals surface area contributed by atoms with Gasteiger partial charge in [-0.15, -0.1) is 0 Å². The summed E-state index contributed by atoms with van der Waals surface area (Å²) in [6.07, 6.45) is 4.63. The molecule has 0 heterocycles. The summed E-state index contributed by atoms with van der Waals surface area (Å²) < 4.78 is 0. The fourth-order valence-corrected chi connectivity index (χ4v) is 3.24. The Kier molecular flexibility index (Phi) is 2.19. The van der Waals surface area contributed by atoms with E-state index in [2.05, 4.69) is 5.32 Å². The minimum absolute atomic E-state index is 0.169. The highest BCUT2D eigenvalue weighted by atomic mass is 16.4. The van der Waals surface area contributed by atoms with E-state index in [1.54, 1.807) is 0 Å². The summed E-state index contributed by atoms with van der Waals surface area (Å²) in [6.45, 7) is 0. The molecule has 0 radical (unpaired) electrons. The monoisotopic (exact) mass is 223 g/mol. The van der Waals surface area contributed by atoms with Crippen LogP contribution in [0.3, 0.4) is 0 Å². The maximum Gasteiger partial charge on any atom is 0.306 e. The van der Waals surface area contributed by atoms with Crippen molar-refractivity contribution < 1.29 is 14.7 Å². The van der Waals surface area contributed by atoms with Crippen LogP contribution in [0.15, 0.2) is 0 Å². The SMILES string of the molecule is O=C(O)C1CC2CC(NC(=O)C3CC3)C2C1. The Morgan fingerprint density at radius 1 is 1.06 bits per heavy atom. The van der Waals surface area contributed by atoms with Crippen LogP contribution >= 0.6 is 0 Å². The molecule has 2 N–H and O–H groups in total. The largest absolute Gasteiger partial charge is 0.481 e. The number of fused-ring (bicyclic) bond motifs is 1. The van der Waals surface area contributed by atoms with Crippen molar-refractivity contribution in [1.29, 1.82) is 0 Å². The molecule has 16 heavy (non-hydrogen) atoms. The van der Waals surface area contributed by atoms with Crippen molar-refractivity contribution in [2.45, 2.75) is 38.1 Å². The van der Waals surface area contributed by atoms with Crippen LogP contribution in [0.25, 0.3) is 0 Å². The van der Waals surface area contributed by atoms with Gasteiger partial charge in [-0.25, -0.2) is 0 Å². The van der Waals surface area contributed by atoms with E-state index < -0.39 is 5.97 Å². The average Bonchev–Trinajstić information content (AvgIpc) is 2.99. The van der Waals surface area contributed by atoms with E-state index in [1.165, 1.54) is 0 Å². The van der Waals surface area contributed by atoms with E-state index in [0.29, 0.717) is 11.8 Å². The molecule has 0 saturated heterocycles. The predicted molar refractivity (Wildman–Crippen MR) is 56.6 cm³/mol. The molecule has 3 rings (SSSR count). The van der Waals surface area contributed by atoms with Crippen LogP contribution in [-0.2, 0) is 9.59 Å². The van der Waals surface area contributed by atoms with Gasteiger partial charge in [0.15, 0.2) is 0 Å². The van der Waals surface area contributed by atoms with Gasteiger partial charge in [0.25, 0.3) is 0 Å². The summed E-state index contributed by atoms with van der Waals surface area (Å²) in [5.74, 6) is 0.604. The molecule has 4 nitrogen and oxygen atoms in total. The minimum Gasteiger partial charge on any atom is -0.481 e. The van der Waals surface area contributed by atoms with Crippen LogP contribution in [-0.4, -0.2) is 23.0 Å². The van der Waals surface area contributed by atoms with Crippen LogP contribution in [0, 0.1) is 23.7 Å². The molecule has 0 spiro atoms. The second kappa shape index (κ2) is 3.47. The van der Waals surface area contributed by atoms with Crippen LogP contribution in [0.1, 0.15) is 32.1 Å². The first-order valence-corrected chi connectivity index (χ1v) is 6.18. The van der Waals surface area contributed by atoms with Crippen molar-refractivity contribution >= 4 is 11.9 Å². The Balaban J connectivity index is 1.53. The van der Waals surface area contributed by atoms with Gasteiger partial charge in [-0.05, 0) is 43.9 Å². The van der Waals surface area contributed by atoms with E-state index in [9.17, 15) is 9.59 Å². The first-order chi connectivity index (χ1) is 7.65. The average molecular weight is 223 g/mol. The van der Waals surface area contributed by atoms with Crippen molar-refractivity contribution in [2.24, 2.45) is 23.7 Å². The fraction of sp³-hybridized carbons (Fsp3) is 0.833. The number of carboxylic acid groups (broad SMARTS) is 1. The van der Waals surface area contributed by atoms with E-state index in [4.69, 9.17) is 5.11 Å². The number of aliphatic carboxylic acids is 1. The van der Waals surface area contributed by atoms with Gasteiger partial charge in [-0.1, -0.05) is 0 Å². The molecule has 4 heteroatoms. The van der Waals surface area contributed by atoms with Gasteiger partial charge in [-0.3, -0.25) is 9.59 Å². The Hall–Kier alpha value is -1.06. The van der Waals surface area contributed by atoms with Gasteiger partial charge < -0.3 is 10.4 Å². The van der Waals surface area contributed by atoms with Crippen LogP contribution in [0.4, 0.5) is 0 Å². The van der Waals surface area contributed by atoms with Crippen molar-refractivity contribution in [3.63, 3.8) is 0 Å². The van der Waals surface area contributed by atoms with Gasteiger partial charge >= 0.3 is 5.97 Å². The molecule has 0 aliphatic heterocycles. The fourth-order valence-electron chi connectivity index (χ4n) is 3.24. The number of nitrogens with one attached hydrogen (secondary N) is 1. The Bertz CT molecular complexity index is 337. The van der Waals surface area contributed by atoms with Crippen LogP contribution in [0.5, 0.6) is 0 Å². The Labute approximate surface area is 94.4 Å². The standard InChI is InChI=1S/C12H17NO3/c14-11(6-1-2-6)13-10-5-7-3-8(12(15)16)4-9(7)10/h6-10H,1-5H2,(H,13,14)(H,15,16). The third-order valence-electron chi connectivity index (χ3n) is 4.45. The van der Waals surface area contributed by atoms with E-state index in [0.717, 1.165) is 32.1 Å². The van der Waals surface area contributed by atoms with Crippen molar-refractivity contribution in [3.8, 4) is 0 Å². The summed E-state index contributed by atoms with van der Waals surface area (Å²) in [5, 5.41) is 12.0. The highest BCUT2D eigenvalue weighted by Crippen LogP contribution is 2.50. The molecule has 3 saturated carbocycles. The van der Waals surface area contributed by atoms with Crippen LogP contribution in [0.2, 0.25) is 0 Å². The highest BCUT2D eigenvalue weighted by Gasteiger charge is 2.50.